The first-order valence-corrected chi connectivity index (χ1v) is 9.23. The lowest BCUT2D eigenvalue weighted by Gasteiger charge is -2.16. The molecule has 2 aromatic carbocycles. The predicted octanol–water partition coefficient (Wildman–Crippen LogP) is 5.04. The van der Waals surface area contributed by atoms with Crippen LogP contribution >= 0.6 is 11.3 Å². The van der Waals surface area contributed by atoms with Gasteiger partial charge in [0.05, 0.1) is 10.2 Å². The molecular weight excluding hydrogens is 316 g/mol. The summed E-state index contributed by atoms with van der Waals surface area (Å²) in [6, 6.07) is 10.3. The van der Waals surface area contributed by atoms with Crippen LogP contribution in [0.15, 0.2) is 30.3 Å². The third-order valence-electron chi connectivity index (χ3n) is 4.92. The van der Waals surface area contributed by atoms with Gasteiger partial charge in [-0.25, -0.2) is 4.98 Å². The first-order valence-electron chi connectivity index (χ1n) is 8.42. The highest BCUT2D eigenvalue weighted by Gasteiger charge is 2.15. The lowest BCUT2D eigenvalue weighted by molar-refractivity contribution is 0.102. The standard InChI is InChI=1S/C20H20N2OS/c1-12-7-10-17-18(13(12)2)21-20(24-17)22-19(23)16-9-8-14-5-3-4-6-15(14)11-16/h7-11H,3-6H2,1-2H3,(H,21,22,23). The van der Waals surface area contributed by atoms with Gasteiger partial charge in [-0.2, -0.15) is 0 Å². The van der Waals surface area contributed by atoms with E-state index < -0.39 is 0 Å². The maximum Gasteiger partial charge on any atom is 0.257 e. The lowest BCUT2D eigenvalue weighted by atomic mass is 9.90. The summed E-state index contributed by atoms with van der Waals surface area (Å²) in [6.07, 6.45) is 4.68. The maximum absolute atomic E-state index is 12.6. The molecular formula is C20H20N2OS. The van der Waals surface area contributed by atoms with E-state index in [2.05, 4.69) is 42.3 Å². The average molecular weight is 336 g/mol. The second-order valence-electron chi connectivity index (χ2n) is 6.52. The van der Waals surface area contributed by atoms with E-state index in [9.17, 15) is 4.79 Å². The smallest absolute Gasteiger partial charge is 0.257 e. The van der Waals surface area contributed by atoms with Crippen molar-refractivity contribution in [2.75, 3.05) is 5.32 Å². The molecule has 0 saturated heterocycles. The van der Waals surface area contributed by atoms with E-state index in [0.29, 0.717) is 5.13 Å². The molecule has 0 spiro atoms. The summed E-state index contributed by atoms with van der Waals surface area (Å²) in [5, 5.41) is 3.64. The van der Waals surface area contributed by atoms with Gasteiger partial charge in [0.15, 0.2) is 5.13 Å². The molecule has 3 aromatic rings. The third-order valence-corrected chi connectivity index (χ3v) is 5.85. The Labute approximate surface area is 145 Å². The Morgan fingerprint density at radius 3 is 2.71 bits per heavy atom. The fourth-order valence-electron chi connectivity index (χ4n) is 3.32. The molecule has 0 aliphatic heterocycles. The van der Waals surface area contributed by atoms with Crippen molar-refractivity contribution < 1.29 is 4.79 Å². The van der Waals surface area contributed by atoms with Crippen LogP contribution in [0.25, 0.3) is 10.2 Å². The minimum absolute atomic E-state index is 0.0724. The zero-order valence-electron chi connectivity index (χ0n) is 14.0. The number of hydrogen-bond acceptors (Lipinski definition) is 3. The van der Waals surface area contributed by atoms with Gasteiger partial charge in [-0.1, -0.05) is 23.5 Å². The van der Waals surface area contributed by atoms with Crippen LogP contribution in [0, 0.1) is 13.8 Å². The molecule has 0 saturated carbocycles. The molecule has 0 bridgehead atoms. The Hall–Kier alpha value is -2.20. The van der Waals surface area contributed by atoms with Crippen molar-refractivity contribution in [2.24, 2.45) is 0 Å². The van der Waals surface area contributed by atoms with Gasteiger partial charge < -0.3 is 0 Å². The zero-order valence-corrected chi connectivity index (χ0v) is 14.8. The van der Waals surface area contributed by atoms with Crippen molar-refractivity contribution in [3.8, 4) is 0 Å². The lowest BCUT2D eigenvalue weighted by Crippen LogP contribution is -2.13. The first-order chi connectivity index (χ1) is 11.6. The number of nitrogens with zero attached hydrogens (tertiary/aromatic N) is 1. The highest BCUT2D eigenvalue weighted by Crippen LogP contribution is 2.30. The van der Waals surface area contributed by atoms with Gasteiger partial charge in [0.2, 0.25) is 0 Å². The third kappa shape index (κ3) is 2.71. The fraction of sp³-hybridized carbons (Fsp3) is 0.300. The molecule has 24 heavy (non-hydrogen) atoms. The topological polar surface area (TPSA) is 42.0 Å². The fourth-order valence-corrected chi connectivity index (χ4v) is 4.24. The number of anilines is 1. The Morgan fingerprint density at radius 2 is 1.88 bits per heavy atom. The molecule has 1 aliphatic rings. The summed E-state index contributed by atoms with van der Waals surface area (Å²) >= 11 is 1.53. The predicted molar refractivity (Wildman–Crippen MR) is 100 cm³/mol. The number of aryl methyl sites for hydroxylation is 4. The van der Waals surface area contributed by atoms with Gasteiger partial charge in [-0.3, -0.25) is 10.1 Å². The molecule has 1 aromatic heterocycles. The van der Waals surface area contributed by atoms with Crippen LogP contribution in [-0.4, -0.2) is 10.9 Å². The van der Waals surface area contributed by atoms with Crippen LogP contribution in [-0.2, 0) is 12.8 Å². The Balaban J connectivity index is 1.61. The monoisotopic (exact) mass is 336 g/mol. The number of rotatable bonds is 2. The van der Waals surface area contributed by atoms with Crippen LogP contribution in [0.2, 0.25) is 0 Å². The Bertz CT molecular complexity index is 942. The minimum Gasteiger partial charge on any atom is -0.298 e. The van der Waals surface area contributed by atoms with Crippen molar-refractivity contribution in [2.45, 2.75) is 39.5 Å². The Kier molecular flexibility index (Phi) is 3.85. The molecule has 0 fully saturated rings. The van der Waals surface area contributed by atoms with Crippen LogP contribution in [0.3, 0.4) is 0 Å². The highest BCUT2D eigenvalue weighted by atomic mass is 32.1. The number of nitrogens with one attached hydrogen (secondary N) is 1. The van der Waals surface area contributed by atoms with Gasteiger partial charge in [-0.15, -0.1) is 0 Å². The van der Waals surface area contributed by atoms with Crippen LogP contribution < -0.4 is 5.32 Å². The van der Waals surface area contributed by atoms with Crippen molar-refractivity contribution >= 4 is 32.6 Å². The molecule has 3 nitrogen and oxygen atoms in total. The van der Waals surface area contributed by atoms with E-state index in [4.69, 9.17) is 0 Å². The van der Waals surface area contributed by atoms with Crippen LogP contribution in [0.1, 0.15) is 45.5 Å². The van der Waals surface area contributed by atoms with Crippen LogP contribution in [0.4, 0.5) is 5.13 Å². The number of carbonyl (C=O) groups is 1. The van der Waals surface area contributed by atoms with Gasteiger partial charge in [0, 0.05) is 5.56 Å². The normalized spacial score (nSPS) is 13.8. The summed E-state index contributed by atoms with van der Waals surface area (Å²) in [6.45, 7) is 4.16. The van der Waals surface area contributed by atoms with Gasteiger partial charge in [0.25, 0.3) is 5.91 Å². The average Bonchev–Trinajstić information content (AvgIpc) is 3.01. The van der Waals surface area contributed by atoms with E-state index in [1.54, 1.807) is 0 Å². The quantitative estimate of drug-likeness (QED) is 0.712. The molecule has 0 atom stereocenters. The molecule has 122 valence electrons. The second-order valence-corrected chi connectivity index (χ2v) is 7.55. The minimum atomic E-state index is -0.0724. The molecule has 0 unspecified atom stereocenters. The van der Waals surface area contributed by atoms with E-state index >= 15 is 0 Å². The van der Waals surface area contributed by atoms with Crippen molar-refractivity contribution in [1.29, 1.82) is 0 Å². The van der Waals surface area contributed by atoms with E-state index in [1.807, 2.05) is 12.1 Å². The molecule has 0 radical (unpaired) electrons. The van der Waals surface area contributed by atoms with Crippen molar-refractivity contribution in [3.63, 3.8) is 0 Å². The summed E-state index contributed by atoms with van der Waals surface area (Å²) in [5.41, 5.74) is 6.83. The van der Waals surface area contributed by atoms with Crippen LogP contribution in [0.5, 0.6) is 0 Å². The number of fused-ring (bicyclic) bond motifs is 2. The molecule has 1 aliphatic carbocycles. The molecule has 1 N–H and O–H groups in total. The number of thiazole rings is 1. The van der Waals surface area contributed by atoms with E-state index in [1.165, 1.54) is 46.4 Å². The van der Waals surface area contributed by atoms with E-state index in [0.717, 1.165) is 28.6 Å². The summed E-state index contributed by atoms with van der Waals surface area (Å²) in [5.74, 6) is -0.0724. The number of amides is 1. The van der Waals surface area contributed by atoms with Gasteiger partial charge >= 0.3 is 0 Å². The summed E-state index contributed by atoms with van der Waals surface area (Å²) in [4.78, 5) is 17.2. The maximum atomic E-state index is 12.6. The SMILES string of the molecule is Cc1ccc2sc(NC(=O)c3ccc4c(c3)CCCC4)nc2c1C. The number of carbonyl (C=O) groups excluding carboxylic acids is 1. The van der Waals surface area contributed by atoms with E-state index in [-0.39, 0.29) is 5.91 Å². The zero-order chi connectivity index (χ0) is 16.7. The van der Waals surface area contributed by atoms with Gasteiger partial charge in [0.1, 0.15) is 0 Å². The number of benzene rings is 2. The van der Waals surface area contributed by atoms with Crippen molar-refractivity contribution in [3.05, 3.63) is 58.1 Å². The highest BCUT2D eigenvalue weighted by molar-refractivity contribution is 7.22. The molecule has 1 amide bonds. The molecule has 1 heterocycles. The number of aromatic nitrogens is 1. The Morgan fingerprint density at radius 1 is 1.08 bits per heavy atom. The summed E-state index contributed by atoms with van der Waals surface area (Å²) in [7, 11) is 0. The summed E-state index contributed by atoms with van der Waals surface area (Å²) < 4.78 is 1.11. The molecule has 4 heteroatoms. The van der Waals surface area contributed by atoms with Crippen molar-refractivity contribution in [1.82, 2.24) is 4.98 Å². The molecule has 4 rings (SSSR count). The number of hydrogen-bond donors (Lipinski definition) is 1. The second kappa shape index (κ2) is 6.02. The largest absolute Gasteiger partial charge is 0.298 e. The first kappa shape index (κ1) is 15.3. The van der Waals surface area contributed by atoms with Gasteiger partial charge in [-0.05, 0) is 80.0 Å².